The van der Waals surface area contributed by atoms with Crippen LogP contribution in [0.15, 0.2) is 18.2 Å². The van der Waals surface area contributed by atoms with Crippen LogP contribution in [-0.2, 0) is 14.4 Å². The number of likely N-dealkylation sites (tertiary alicyclic amines) is 1. The van der Waals surface area contributed by atoms with Gasteiger partial charge in [-0.15, -0.1) is 0 Å². The Morgan fingerprint density at radius 2 is 2.08 bits per heavy atom. The Morgan fingerprint density at radius 3 is 2.75 bits per heavy atom. The Bertz CT molecular complexity index is 706. The summed E-state index contributed by atoms with van der Waals surface area (Å²) >= 11 is 6.12. The topological polar surface area (TPSA) is 83.7 Å². The number of halogens is 1. The number of rotatable bonds is 3. The molecule has 2 fully saturated rings. The van der Waals surface area contributed by atoms with Gasteiger partial charge < -0.3 is 5.73 Å². The van der Waals surface area contributed by atoms with Gasteiger partial charge in [-0.05, 0) is 44.0 Å². The molecule has 2 aliphatic rings. The molecule has 0 unspecified atom stereocenters. The second-order valence-corrected chi connectivity index (χ2v) is 6.86. The van der Waals surface area contributed by atoms with Gasteiger partial charge >= 0.3 is 0 Å². The summed E-state index contributed by atoms with van der Waals surface area (Å²) in [5.41, 5.74) is 6.77. The van der Waals surface area contributed by atoms with Gasteiger partial charge in [0.2, 0.25) is 11.8 Å². The van der Waals surface area contributed by atoms with E-state index in [0.29, 0.717) is 23.8 Å². The van der Waals surface area contributed by atoms with E-state index in [9.17, 15) is 14.4 Å². The van der Waals surface area contributed by atoms with Gasteiger partial charge in [-0.1, -0.05) is 17.7 Å². The summed E-state index contributed by atoms with van der Waals surface area (Å²) in [6.45, 7) is 2.98. The number of primary amides is 1. The molecule has 3 amide bonds. The fourth-order valence-corrected chi connectivity index (χ4v) is 3.59. The summed E-state index contributed by atoms with van der Waals surface area (Å²) in [7, 11) is 0. The van der Waals surface area contributed by atoms with Crippen LogP contribution in [0.5, 0.6) is 0 Å². The molecule has 2 N–H and O–H groups in total. The predicted octanol–water partition coefficient (Wildman–Crippen LogP) is 1.48. The van der Waals surface area contributed by atoms with Crippen LogP contribution >= 0.6 is 11.6 Å². The lowest BCUT2D eigenvalue weighted by Crippen LogP contribution is -2.49. The van der Waals surface area contributed by atoms with E-state index in [1.165, 1.54) is 4.90 Å². The third kappa shape index (κ3) is 3.03. The van der Waals surface area contributed by atoms with E-state index in [1.807, 2.05) is 11.8 Å². The normalized spacial score (nSPS) is 25.3. The van der Waals surface area contributed by atoms with Crippen molar-refractivity contribution in [1.29, 1.82) is 0 Å². The van der Waals surface area contributed by atoms with Crippen LogP contribution in [-0.4, -0.2) is 41.8 Å². The monoisotopic (exact) mass is 349 g/mol. The molecule has 6 nitrogen and oxygen atoms in total. The first-order valence-electron chi connectivity index (χ1n) is 8.05. The van der Waals surface area contributed by atoms with Crippen LogP contribution in [0.2, 0.25) is 5.02 Å². The molecule has 2 aliphatic heterocycles. The van der Waals surface area contributed by atoms with E-state index >= 15 is 0 Å². The van der Waals surface area contributed by atoms with Crippen molar-refractivity contribution in [2.24, 2.45) is 11.7 Å². The zero-order valence-corrected chi connectivity index (χ0v) is 14.3. The van der Waals surface area contributed by atoms with E-state index < -0.39 is 6.04 Å². The number of hydrogen-bond donors (Lipinski definition) is 1. The first kappa shape index (κ1) is 16.9. The van der Waals surface area contributed by atoms with Crippen molar-refractivity contribution in [2.75, 3.05) is 18.0 Å². The van der Waals surface area contributed by atoms with Gasteiger partial charge in [-0.25, -0.2) is 4.90 Å². The molecule has 0 spiro atoms. The molecule has 2 saturated heterocycles. The highest BCUT2D eigenvalue weighted by Crippen LogP contribution is 2.30. The lowest BCUT2D eigenvalue weighted by atomic mass is 9.96. The Morgan fingerprint density at radius 1 is 1.33 bits per heavy atom. The smallest absolute Gasteiger partial charge is 0.251 e. The second kappa shape index (κ2) is 6.53. The quantitative estimate of drug-likeness (QED) is 0.838. The van der Waals surface area contributed by atoms with Gasteiger partial charge in [-0.2, -0.15) is 0 Å². The second-order valence-electron chi connectivity index (χ2n) is 6.46. The average molecular weight is 350 g/mol. The molecule has 0 aromatic heterocycles. The number of benzene rings is 1. The maximum absolute atomic E-state index is 12.8. The molecule has 3 rings (SSSR count). The number of nitrogens with two attached hydrogens (primary N) is 1. The number of imide groups is 1. The van der Waals surface area contributed by atoms with E-state index in [2.05, 4.69) is 0 Å². The van der Waals surface area contributed by atoms with Crippen LogP contribution in [0.3, 0.4) is 0 Å². The molecule has 128 valence electrons. The summed E-state index contributed by atoms with van der Waals surface area (Å²) in [6, 6.07) is 4.62. The van der Waals surface area contributed by atoms with Gasteiger partial charge in [0, 0.05) is 11.6 Å². The van der Waals surface area contributed by atoms with Crippen LogP contribution in [0.25, 0.3) is 0 Å². The fraction of sp³-hybridized carbons (Fsp3) is 0.471. The van der Waals surface area contributed by atoms with E-state index in [0.717, 1.165) is 18.4 Å². The van der Waals surface area contributed by atoms with Gasteiger partial charge in [0.15, 0.2) is 0 Å². The Labute approximate surface area is 145 Å². The SMILES string of the molecule is Cc1ccc(N2C(=O)C[C@H](N3CCC[C@@H](C(N)=O)C3)C2=O)cc1Cl. The third-order valence-electron chi connectivity index (χ3n) is 4.83. The third-order valence-corrected chi connectivity index (χ3v) is 5.24. The lowest BCUT2D eigenvalue weighted by Gasteiger charge is -2.34. The summed E-state index contributed by atoms with van der Waals surface area (Å²) in [5.74, 6) is -1.11. The van der Waals surface area contributed by atoms with Crippen LogP contribution < -0.4 is 10.6 Å². The van der Waals surface area contributed by atoms with Gasteiger partial charge in [-0.3, -0.25) is 19.3 Å². The number of nitrogens with zero attached hydrogens (tertiary/aromatic N) is 2. The van der Waals surface area contributed by atoms with Crippen molar-refractivity contribution < 1.29 is 14.4 Å². The molecule has 0 saturated carbocycles. The minimum atomic E-state index is -0.528. The molecular formula is C17H20ClN3O3. The number of piperidine rings is 1. The van der Waals surface area contributed by atoms with Crippen molar-refractivity contribution in [3.05, 3.63) is 28.8 Å². The average Bonchev–Trinajstić information content (AvgIpc) is 2.85. The van der Waals surface area contributed by atoms with Gasteiger partial charge in [0.1, 0.15) is 0 Å². The Hall–Kier alpha value is -1.92. The number of aryl methyl sites for hydroxylation is 1. The van der Waals surface area contributed by atoms with Crippen LogP contribution in [0.4, 0.5) is 5.69 Å². The van der Waals surface area contributed by atoms with Crippen molar-refractivity contribution >= 4 is 35.0 Å². The minimum Gasteiger partial charge on any atom is -0.369 e. The first-order valence-corrected chi connectivity index (χ1v) is 8.42. The highest BCUT2D eigenvalue weighted by atomic mass is 35.5. The summed E-state index contributed by atoms with van der Waals surface area (Å²) in [5, 5.41) is 0.517. The number of anilines is 1. The number of carbonyl (C=O) groups excluding carboxylic acids is 3. The number of carbonyl (C=O) groups is 3. The highest BCUT2D eigenvalue weighted by Gasteiger charge is 2.44. The zero-order chi connectivity index (χ0) is 17.4. The van der Waals surface area contributed by atoms with Crippen LogP contribution in [0.1, 0.15) is 24.8 Å². The predicted molar refractivity (Wildman–Crippen MR) is 90.6 cm³/mol. The molecule has 2 atom stereocenters. The fourth-order valence-electron chi connectivity index (χ4n) is 3.42. The number of hydrogen-bond acceptors (Lipinski definition) is 4. The Kier molecular flexibility index (Phi) is 4.60. The summed E-state index contributed by atoms with van der Waals surface area (Å²) < 4.78 is 0. The minimum absolute atomic E-state index is 0.121. The molecule has 1 aromatic rings. The molecule has 1 aromatic carbocycles. The first-order chi connectivity index (χ1) is 11.4. The van der Waals surface area contributed by atoms with E-state index in [1.54, 1.807) is 18.2 Å². The van der Waals surface area contributed by atoms with Gasteiger partial charge in [0.05, 0.1) is 24.1 Å². The summed E-state index contributed by atoms with van der Waals surface area (Å²) in [6.07, 6.45) is 1.65. The highest BCUT2D eigenvalue weighted by molar-refractivity contribution is 6.32. The molecular weight excluding hydrogens is 330 g/mol. The van der Waals surface area contributed by atoms with E-state index in [-0.39, 0.29) is 30.1 Å². The zero-order valence-electron chi connectivity index (χ0n) is 13.5. The van der Waals surface area contributed by atoms with E-state index in [4.69, 9.17) is 17.3 Å². The van der Waals surface area contributed by atoms with Crippen molar-refractivity contribution in [3.63, 3.8) is 0 Å². The maximum Gasteiger partial charge on any atom is 0.251 e. The number of amides is 3. The van der Waals surface area contributed by atoms with Gasteiger partial charge in [0.25, 0.3) is 5.91 Å². The van der Waals surface area contributed by atoms with Crippen molar-refractivity contribution in [2.45, 2.75) is 32.2 Å². The maximum atomic E-state index is 12.8. The summed E-state index contributed by atoms with van der Waals surface area (Å²) in [4.78, 5) is 39.7. The standard InChI is InChI=1S/C17H20ClN3O3/c1-10-4-5-12(7-13(10)18)21-15(22)8-14(17(21)24)20-6-2-3-11(9-20)16(19)23/h4-5,7,11,14H,2-3,6,8-9H2,1H3,(H2,19,23)/t11-,14+/m1/s1. The largest absolute Gasteiger partial charge is 0.369 e. The molecule has 0 aliphatic carbocycles. The molecule has 0 radical (unpaired) electrons. The molecule has 7 heteroatoms. The van der Waals surface area contributed by atoms with Crippen molar-refractivity contribution in [1.82, 2.24) is 4.90 Å². The van der Waals surface area contributed by atoms with Crippen LogP contribution in [0, 0.1) is 12.8 Å². The van der Waals surface area contributed by atoms with Crippen molar-refractivity contribution in [3.8, 4) is 0 Å². The molecule has 0 bridgehead atoms. The molecule has 24 heavy (non-hydrogen) atoms. The Balaban J connectivity index is 1.81. The molecule has 2 heterocycles. The lowest BCUT2D eigenvalue weighted by molar-refractivity contribution is -0.127.